The van der Waals surface area contributed by atoms with E-state index in [9.17, 15) is 4.79 Å². The van der Waals surface area contributed by atoms with Gasteiger partial charge in [-0.1, -0.05) is 63.3 Å². The summed E-state index contributed by atoms with van der Waals surface area (Å²) in [6.45, 7) is 2.20. The predicted octanol–water partition coefficient (Wildman–Crippen LogP) is 5.88. The lowest BCUT2D eigenvalue weighted by Gasteiger charge is -2.06. The molecule has 130 valence electrons. The Morgan fingerprint density at radius 3 is 2.04 bits per heavy atom. The summed E-state index contributed by atoms with van der Waals surface area (Å²) in [4.78, 5) is 11.9. The fourth-order valence-corrected chi connectivity index (χ4v) is 2.68. The molecule has 0 unspecified atom stereocenters. The van der Waals surface area contributed by atoms with Gasteiger partial charge in [-0.25, -0.2) is 0 Å². The van der Waals surface area contributed by atoms with Gasteiger partial charge in [-0.2, -0.15) is 5.26 Å². The van der Waals surface area contributed by atoms with Crippen LogP contribution in [-0.2, 0) is 4.79 Å². The Balaban J connectivity index is 1.79. The molecule has 3 heteroatoms. The van der Waals surface area contributed by atoms with Gasteiger partial charge in [0.05, 0.1) is 11.6 Å². The molecule has 0 N–H and O–H groups in total. The van der Waals surface area contributed by atoms with Crippen molar-refractivity contribution in [2.24, 2.45) is 0 Å². The third-order valence-electron chi connectivity index (χ3n) is 4.17. The Bertz CT molecular complexity index is 696. The maximum atomic E-state index is 11.9. The van der Waals surface area contributed by atoms with Crippen LogP contribution in [0, 0.1) is 11.3 Å². The molecule has 3 nitrogen and oxygen atoms in total. The molecule has 2 rings (SSSR count). The van der Waals surface area contributed by atoms with Crippen LogP contribution in [0.15, 0.2) is 48.5 Å². The minimum atomic E-state index is -0.165. The average molecular weight is 335 g/mol. The van der Waals surface area contributed by atoms with Gasteiger partial charge in [-0.3, -0.25) is 4.79 Å². The highest BCUT2D eigenvalue weighted by atomic mass is 16.5. The predicted molar refractivity (Wildman–Crippen MR) is 100 cm³/mol. The van der Waals surface area contributed by atoms with E-state index in [4.69, 9.17) is 10.00 Å². The third-order valence-corrected chi connectivity index (χ3v) is 4.17. The van der Waals surface area contributed by atoms with Gasteiger partial charge in [0.15, 0.2) is 0 Å². The largest absolute Gasteiger partial charge is 0.427 e. The van der Waals surface area contributed by atoms with Gasteiger partial charge in [0.1, 0.15) is 5.75 Å². The van der Waals surface area contributed by atoms with Crippen molar-refractivity contribution in [2.45, 2.75) is 51.9 Å². The van der Waals surface area contributed by atoms with E-state index in [2.05, 4.69) is 13.0 Å². The van der Waals surface area contributed by atoms with E-state index in [1.54, 1.807) is 12.1 Å². The summed E-state index contributed by atoms with van der Waals surface area (Å²) in [5, 5.41) is 8.84. The minimum Gasteiger partial charge on any atom is -0.427 e. The molecule has 0 aromatic heterocycles. The van der Waals surface area contributed by atoms with Gasteiger partial charge >= 0.3 is 5.97 Å². The summed E-state index contributed by atoms with van der Waals surface area (Å²) >= 11 is 0. The summed E-state index contributed by atoms with van der Waals surface area (Å²) in [7, 11) is 0. The first kappa shape index (κ1) is 18.7. The first-order chi connectivity index (χ1) is 12.2. The number of ether oxygens (including phenoxy) is 1. The van der Waals surface area contributed by atoms with E-state index in [0.29, 0.717) is 17.7 Å². The van der Waals surface area contributed by atoms with Crippen molar-refractivity contribution in [1.82, 2.24) is 0 Å². The van der Waals surface area contributed by atoms with Crippen LogP contribution >= 0.6 is 0 Å². The first-order valence-electron chi connectivity index (χ1n) is 9.04. The van der Waals surface area contributed by atoms with E-state index in [0.717, 1.165) is 24.0 Å². The molecule has 0 amide bonds. The van der Waals surface area contributed by atoms with E-state index < -0.39 is 0 Å². The smallest absolute Gasteiger partial charge is 0.311 e. The summed E-state index contributed by atoms with van der Waals surface area (Å²) in [5.74, 6) is 0.412. The van der Waals surface area contributed by atoms with Crippen LogP contribution in [0.25, 0.3) is 11.1 Å². The molecular weight excluding hydrogens is 310 g/mol. The zero-order chi connectivity index (χ0) is 17.9. The van der Waals surface area contributed by atoms with E-state index >= 15 is 0 Å². The molecule has 0 saturated heterocycles. The number of benzene rings is 2. The lowest BCUT2D eigenvalue weighted by Crippen LogP contribution is -2.07. The Morgan fingerprint density at radius 1 is 0.880 bits per heavy atom. The summed E-state index contributed by atoms with van der Waals surface area (Å²) in [6, 6.07) is 17.0. The van der Waals surface area contributed by atoms with Crippen molar-refractivity contribution in [3.63, 3.8) is 0 Å². The van der Waals surface area contributed by atoms with Crippen molar-refractivity contribution < 1.29 is 9.53 Å². The number of hydrogen-bond donors (Lipinski definition) is 0. The molecule has 2 aromatic carbocycles. The van der Waals surface area contributed by atoms with Crippen molar-refractivity contribution >= 4 is 5.97 Å². The monoisotopic (exact) mass is 335 g/mol. The maximum Gasteiger partial charge on any atom is 0.311 e. The average Bonchev–Trinajstić information content (AvgIpc) is 2.65. The summed E-state index contributed by atoms with van der Waals surface area (Å²) < 4.78 is 5.39. The highest BCUT2D eigenvalue weighted by Gasteiger charge is 2.05. The molecule has 0 heterocycles. The molecule has 0 aliphatic rings. The second-order valence-electron chi connectivity index (χ2n) is 6.21. The molecule has 0 atom stereocenters. The Morgan fingerprint density at radius 2 is 1.44 bits per heavy atom. The van der Waals surface area contributed by atoms with Crippen molar-refractivity contribution in [3.05, 3.63) is 54.1 Å². The quantitative estimate of drug-likeness (QED) is 0.326. The Kier molecular flexibility index (Phi) is 7.72. The second-order valence-corrected chi connectivity index (χ2v) is 6.21. The van der Waals surface area contributed by atoms with E-state index in [-0.39, 0.29) is 5.97 Å². The molecule has 0 radical (unpaired) electrons. The second kappa shape index (κ2) is 10.3. The minimum absolute atomic E-state index is 0.165. The molecule has 0 spiro atoms. The number of hydrogen-bond acceptors (Lipinski definition) is 3. The van der Waals surface area contributed by atoms with Crippen LogP contribution in [-0.4, -0.2) is 5.97 Å². The highest BCUT2D eigenvalue weighted by molar-refractivity contribution is 5.73. The molecule has 2 aromatic rings. The maximum absolute atomic E-state index is 11.9. The first-order valence-corrected chi connectivity index (χ1v) is 9.04. The molecule has 25 heavy (non-hydrogen) atoms. The van der Waals surface area contributed by atoms with Gasteiger partial charge in [0.2, 0.25) is 0 Å². The highest BCUT2D eigenvalue weighted by Crippen LogP contribution is 2.23. The van der Waals surface area contributed by atoms with Gasteiger partial charge in [0, 0.05) is 6.42 Å². The third kappa shape index (κ3) is 6.43. The van der Waals surface area contributed by atoms with Crippen molar-refractivity contribution in [3.8, 4) is 22.9 Å². The Hall–Kier alpha value is -2.60. The van der Waals surface area contributed by atoms with E-state index in [1.165, 1.54) is 25.7 Å². The van der Waals surface area contributed by atoms with Crippen LogP contribution in [0.4, 0.5) is 0 Å². The molecule has 0 aliphatic carbocycles. The zero-order valence-electron chi connectivity index (χ0n) is 14.8. The fourth-order valence-electron chi connectivity index (χ4n) is 2.68. The van der Waals surface area contributed by atoms with Gasteiger partial charge < -0.3 is 4.74 Å². The summed E-state index contributed by atoms with van der Waals surface area (Å²) in [5.41, 5.74) is 2.70. The number of carbonyl (C=O) groups is 1. The number of carbonyl (C=O) groups excluding carboxylic acids is 1. The molecular formula is C22H25NO2. The zero-order valence-corrected chi connectivity index (χ0v) is 14.8. The van der Waals surface area contributed by atoms with E-state index in [1.807, 2.05) is 36.4 Å². The van der Waals surface area contributed by atoms with Crippen LogP contribution in [0.2, 0.25) is 0 Å². The molecule has 0 saturated carbocycles. The van der Waals surface area contributed by atoms with Crippen molar-refractivity contribution in [2.75, 3.05) is 0 Å². The lowest BCUT2D eigenvalue weighted by molar-refractivity contribution is -0.134. The fraction of sp³-hybridized carbons (Fsp3) is 0.364. The van der Waals surface area contributed by atoms with Gasteiger partial charge in [-0.05, 0) is 41.8 Å². The van der Waals surface area contributed by atoms with Gasteiger partial charge in [0.25, 0.3) is 0 Å². The van der Waals surface area contributed by atoms with Crippen LogP contribution in [0.3, 0.4) is 0 Å². The molecule has 0 fully saturated rings. The number of esters is 1. The Labute approximate surface area is 150 Å². The molecule has 0 aliphatic heterocycles. The number of nitrogens with zero attached hydrogens (tertiary/aromatic N) is 1. The normalized spacial score (nSPS) is 10.2. The number of rotatable bonds is 9. The standard InChI is InChI=1S/C22H25NO2/c1-2-3-4-5-6-7-8-22(24)25-21-15-13-20(14-16-21)19-11-9-18(17-23)10-12-19/h9-16H,2-8H2,1H3. The van der Waals surface area contributed by atoms with Gasteiger partial charge in [-0.15, -0.1) is 0 Å². The number of unbranched alkanes of at least 4 members (excludes halogenated alkanes) is 5. The SMILES string of the molecule is CCCCCCCCC(=O)Oc1ccc(-c2ccc(C#N)cc2)cc1. The lowest BCUT2D eigenvalue weighted by atomic mass is 10.0. The van der Waals surface area contributed by atoms with Crippen molar-refractivity contribution in [1.29, 1.82) is 5.26 Å². The topological polar surface area (TPSA) is 50.1 Å². The van der Waals surface area contributed by atoms with Crippen LogP contribution in [0.5, 0.6) is 5.75 Å². The molecule has 0 bridgehead atoms. The van der Waals surface area contributed by atoms with Crippen LogP contribution < -0.4 is 4.74 Å². The number of nitriles is 1. The van der Waals surface area contributed by atoms with Crippen LogP contribution in [0.1, 0.15) is 57.4 Å². The summed E-state index contributed by atoms with van der Waals surface area (Å²) in [6.07, 6.45) is 7.42.